The molecule has 3 aromatic rings. The number of methoxy groups -OCH3 is 3. The molecule has 1 N–H and O–H groups in total. The molecule has 3 rings (SSSR count). The number of anilines is 1. The molecule has 152 valence electrons. The van der Waals surface area contributed by atoms with Crippen LogP contribution in [0.25, 0.3) is 10.9 Å². The van der Waals surface area contributed by atoms with Crippen molar-refractivity contribution < 1.29 is 19.0 Å². The predicted octanol–water partition coefficient (Wildman–Crippen LogP) is 4.55. The van der Waals surface area contributed by atoms with Crippen molar-refractivity contribution in [2.45, 2.75) is 18.4 Å². The maximum Gasteiger partial charge on any atom is 0.234 e. The molecule has 6 nitrogen and oxygen atoms in total. The van der Waals surface area contributed by atoms with E-state index >= 15 is 0 Å². The van der Waals surface area contributed by atoms with Crippen molar-refractivity contribution in [2.75, 3.05) is 32.4 Å². The average Bonchev–Trinajstić information content (AvgIpc) is 2.76. The molecule has 0 unspecified atom stereocenters. The van der Waals surface area contributed by atoms with Gasteiger partial charge in [0.15, 0.2) is 0 Å². The molecule has 0 spiro atoms. The molecule has 0 atom stereocenters. The summed E-state index contributed by atoms with van der Waals surface area (Å²) in [6.07, 6.45) is 0.831. The first kappa shape index (κ1) is 20.8. The van der Waals surface area contributed by atoms with E-state index in [0.717, 1.165) is 33.7 Å². The Balaban J connectivity index is 1.73. The molecule has 1 heterocycles. The summed E-state index contributed by atoms with van der Waals surface area (Å²) < 4.78 is 15.8. The fourth-order valence-corrected chi connectivity index (χ4v) is 3.79. The van der Waals surface area contributed by atoms with Crippen molar-refractivity contribution in [3.8, 4) is 17.2 Å². The number of nitrogens with one attached hydrogen (secondary N) is 1. The highest BCUT2D eigenvalue weighted by molar-refractivity contribution is 8.00. The van der Waals surface area contributed by atoms with Gasteiger partial charge < -0.3 is 19.5 Å². The van der Waals surface area contributed by atoms with Gasteiger partial charge in [-0.3, -0.25) is 4.79 Å². The van der Waals surface area contributed by atoms with E-state index in [2.05, 4.69) is 18.3 Å². The summed E-state index contributed by atoms with van der Waals surface area (Å²) >= 11 is 1.43. The van der Waals surface area contributed by atoms with Crippen LogP contribution in [0, 0.1) is 0 Å². The van der Waals surface area contributed by atoms with Gasteiger partial charge in [-0.25, -0.2) is 4.98 Å². The number of carbonyl (C=O) groups excluding carboxylic acids is 1. The minimum atomic E-state index is -0.121. The second-order valence-electron chi connectivity index (χ2n) is 6.30. The smallest absolute Gasteiger partial charge is 0.234 e. The van der Waals surface area contributed by atoms with Crippen molar-refractivity contribution in [3.05, 3.63) is 48.0 Å². The van der Waals surface area contributed by atoms with E-state index in [1.165, 1.54) is 11.8 Å². The van der Waals surface area contributed by atoms with Crippen LogP contribution in [0.3, 0.4) is 0 Å². The SMILES string of the molecule is CCc1cc2cc(OC)ccc2nc1SCC(=O)Nc1cc(OC)cc(OC)c1. The van der Waals surface area contributed by atoms with E-state index in [9.17, 15) is 4.79 Å². The number of carbonyl (C=O) groups is 1. The molecule has 0 fully saturated rings. The number of ether oxygens (including phenoxy) is 3. The maximum absolute atomic E-state index is 12.5. The molecule has 0 bridgehead atoms. The van der Waals surface area contributed by atoms with Gasteiger partial charge in [-0.2, -0.15) is 0 Å². The van der Waals surface area contributed by atoms with Crippen LogP contribution in [0.4, 0.5) is 5.69 Å². The van der Waals surface area contributed by atoms with E-state index in [0.29, 0.717) is 17.2 Å². The van der Waals surface area contributed by atoms with Crippen LogP contribution in [-0.4, -0.2) is 38.0 Å². The molecule has 0 radical (unpaired) electrons. The molecule has 0 saturated carbocycles. The number of fused-ring (bicyclic) bond motifs is 1. The van der Waals surface area contributed by atoms with E-state index in [-0.39, 0.29) is 11.7 Å². The topological polar surface area (TPSA) is 69.7 Å². The Bertz CT molecular complexity index is 1000. The van der Waals surface area contributed by atoms with Crippen LogP contribution < -0.4 is 19.5 Å². The van der Waals surface area contributed by atoms with Gasteiger partial charge in [0.1, 0.15) is 22.3 Å². The quantitative estimate of drug-likeness (QED) is 0.547. The summed E-state index contributed by atoms with van der Waals surface area (Å²) in [5.74, 6) is 2.17. The van der Waals surface area contributed by atoms with E-state index < -0.39 is 0 Å². The van der Waals surface area contributed by atoms with Crippen LogP contribution in [0.5, 0.6) is 17.2 Å². The summed E-state index contributed by atoms with van der Waals surface area (Å²) in [6.45, 7) is 2.08. The highest BCUT2D eigenvalue weighted by Crippen LogP contribution is 2.29. The van der Waals surface area contributed by atoms with Crippen LogP contribution in [0.2, 0.25) is 0 Å². The molecular weight excluding hydrogens is 388 g/mol. The third-order valence-corrected chi connectivity index (χ3v) is 5.45. The zero-order valence-electron chi connectivity index (χ0n) is 16.9. The molecule has 7 heteroatoms. The largest absolute Gasteiger partial charge is 0.497 e. The molecular formula is C22H24N2O4S. The van der Waals surface area contributed by atoms with Crippen molar-refractivity contribution >= 4 is 34.3 Å². The number of nitrogens with zero attached hydrogens (tertiary/aromatic N) is 1. The van der Waals surface area contributed by atoms with Gasteiger partial charge in [-0.1, -0.05) is 18.7 Å². The van der Waals surface area contributed by atoms with E-state index in [4.69, 9.17) is 19.2 Å². The first-order valence-electron chi connectivity index (χ1n) is 9.19. The number of hydrogen-bond donors (Lipinski definition) is 1. The first-order chi connectivity index (χ1) is 14.1. The first-order valence-corrected chi connectivity index (χ1v) is 10.2. The van der Waals surface area contributed by atoms with Crippen molar-refractivity contribution in [2.24, 2.45) is 0 Å². The number of pyridine rings is 1. The van der Waals surface area contributed by atoms with Crippen LogP contribution in [0.1, 0.15) is 12.5 Å². The van der Waals surface area contributed by atoms with Crippen molar-refractivity contribution in [1.82, 2.24) is 4.98 Å². The van der Waals surface area contributed by atoms with Crippen molar-refractivity contribution in [3.63, 3.8) is 0 Å². The maximum atomic E-state index is 12.5. The van der Waals surface area contributed by atoms with Gasteiger partial charge in [-0.15, -0.1) is 0 Å². The third-order valence-electron chi connectivity index (χ3n) is 4.42. The van der Waals surface area contributed by atoms with Crippen LogP contribution >= 0.6 is 11.8 Å². The molecule has 0 aliphatic heterocycles. The zero-order chi connectivity index (χ0) is 20.8. The molecule has 1 amide bonds. The zero-order valence-corrected chi connectivity index (χ0v) is 17.8. The average molecular weight is 413 g/mol. The van der Waals surface area contributed by atoms with E-state index in [1.54, 1.807) is 39.5 Å². The number of benzene rings is 2. The minimum Gasteiger partial charge on any atom is -0.497 e. The lowest BCUT2D eigenvalue weighted by molar-refractivity contribution is -0.113. The summed E-state index contributed by atoms with van der Waals surface area (Å²) in [6, 6.07) is 13.2. The number of rotatable bonds is 8. The normalized spacial score (nSPS) is 10.6. The lowest BCUT2D eigenvalue weighted by atomic mass is 10.1. The molecule has 1 aromatic heterocycles. The van der Waals surface area contributed by atoms with Crippen LogP contribution in [0.15, 0.2) is 47.5 Å². The number of thioether (sulfide) groups is 1. The predicted molar refractivity (Wildman–Crippen MR) is 117 cm³/mol. The second kappa shape index (κ2) is 9.52. The number of aryl methyl sites for hydroxylation is 1. The highest BCUT2D eigenvalue weighted by Gasteiger charge is 2.11. The Labute approximate surface area is 174 Å². The van der Waals surface area contributed by atoms with Gasteiger partial charge in [-0.05, 0) is 36.2 Å². The lowest BCUT2D eigenvalue weighted by Crippen LogP contribution is -2.14. The Kier molecular flexibility index (Phi) is 6.82. The van der Waals surface area contributed by atoms with Gasteiger partial charge in [0.25, 0.3) is 0 Å². The minimum absolute atomic E-state index is 0.121. The fraction of sp³-hybridized carbons (Fsp3) is 0.273. The van der Waals surface area contributed by atoms with Gasteiger partial charge >= 0.3 is 0 Å². The highest BCUT2D eigenvalue weighted by atomic mass is 32.2. The standard InChI is InChI=1S/C22H24N2O4S/c1-5-14-8-15-9-17(26-2)6-7-20(15)24-22(14)29-13-21(25)23-16-10-18(27-3)12-19(11-16)28-4/h6-12H,5,13H2,1-4H3,(H,23,25). The number of aromatic nitrogens is 1. The van der Waals surface area contributed by atoms with Gasteiger partial charge in [0, 0.05) is 29.3 Å². The molecule has 2 aromatic carbocycles. The Hall–Kier alpha value is -2.93. The summed E-state index contributed by atoms with van der Waals surface area (Å²) in [5, 5.41) is 4.78. The van der Waals surface area contributed by atoms with E-state index in [1.807, 2.05) is 18.2 Å². The summed E-state index contributed by atoms with van der Waals surface area (Å²) in [5.41, 5.74) is 2.61. The Morgan fingerprint density at radius 1 is 0.966 bits per heavy atom. The van der Waals surface area contributed by atoms with Crippen molar-refractivity contribution in [1.29, 1.82) is 0 Å². The second-order valence-corrected chi connectivity index (χ2v) is 7.27. The Morgan fingerprint density at radius 2 is 1.66 bits per heavy atom. The van der Waals surface area contributed by atoms with Gasteiger partial charge in [0.2, 0.25) is 5.91 Å². The summed E-state index contributed by atoms with van der Waals surface area (Å²) in [4.78, 5) is 17.2. The molecule has 0 aliphatic rings. The van der Waals surface area contributed by atoms with Gasteiger partial charge in [0.05, 0.1) is 32.6 Å². The summed E-state index contributed by atoms with van der Waals surface area (Å²) in [7, 11) is 4.79. The van der Waals surface area contributed by atoms with Crippen LogP contribution in [-0.2, 0) is 11.2 Å². The number of amides is 1. The molecule has 0 aliphatic carbocycles. The number of hydrogen-bond acceptors (Lipinski definition) is 6. The molecule has 0 saturated heterocycles. The Morgan fingerprint density at radius 3 is 2.28 bits per heavy atom. The lowest BCUT2D eigenvalue weighted by Gasteiger charge is -2.11. The fourth-order valence-electron chi connectivity index (χ4n) is 2.90. The monoisotopic (exact) mass is 412 g/mol. The molecule has 29 heavy (non-hydrogen) atoms. The third kappa shape index (κ3) is 5.12.